The lowest BCUT2D eigenvalue weighted by Gasteiger charge is -2.27. The Morgan fingerprint density at radius 1 is 1.00 bits per heavy atom. The van der Waals surface area contributed by atoms with Crippen LogP contribution in [0.4, 0.5) is 38.0 Å². The van der Waals surface area contributed by atoms with Crippen LogP contribution in [0.15, 0.2) is 48.8 Å². The molecule has 40 heavy (non-hydrogen) atoms. The summed E-state index contributed by atoms with van der Waals surface area (Å²) in [4.78, 5) is 20.6. The number of carbonyl (C=O) groups is 1. The average Bonchev–Trinajstić information content (AvgIpc) is 2.88. The van der Waals surface area contributed by atoms with Gasteiger partial charge in [0.1, 0.15) is 0 Å². The first-order valence-electron chi connectivity index (χ1n) is 12.3. The number of nitrogens with zero attached hydrogens (tertiary/aromatic N) is 3. The molecule has 0 saturated heterocycles. The van der Waals surface area contributed by atoms with E-state index in [-0.39, 0.29) is 43.7 Å². The van der Waals surface area contributed by atoms with Gasteiger partial charge in [-0.15, -0.1) is 0 Å². The summed E-state index contributed by atoms with van der Waals surface area (Å²) in [5.41, 5.74) is -0.560. The average molecular weight is 571 g/mol. The number of hydrogen-bond acceptors (Lipinski definition) is 6. The number of aliphatic carboxylic acids is 1. The molecule has 0 aliphatic rings. The molecule has 0 fully saturated rings. The SMILES string of the molecule is CCN(Cc1cc(C(F)(F)F)cc(C(F)(F)F)c1)c1ccc(C)cc1CNc1ncc(OCCCC(=O)O)cn1. The van der Waals surface area contributed by atoms with Crippen LogP contribution in [-0.4, -0.2) is 34.2 Å². The fourth-order valence-corrected chi connectivity index (χ4v) is 3.93. The number of carboxylic acid groups (broad SMARTS) is 1. The molecule has 0 bridgehead atoms. The van der Waals surface area contributed by atoms with Crippen LogP contribution in [0, 0.1) is 6.92 Å². The Morgan fingerprint density at radius 3 is 2.17 bits per heavy atom. The molecule has 0 saturated carbocycles. The molecule has 0 unspecified atom stereocenters. The second-order valence-electron chi connectivity index (χ2n) is 9.00. The molecule has 0 atom stereocenters. The highest BCUT2D eigenvalue weighted by Gasteiger charge is 2.37. The lowest BCUT2D eigenvalue weighted by molar-refractivity contribution is -0.143. The molecule has 0 aliphatic heterocycles. The highest BCUT2D eigenvalue weighted by Crippen LogP contribution is 2.37. The summed E-state index contributed by atoms with van der Waals surface area (Å²) in [5, 5.41) is 11.7. The van der Waals surface area contributed by atoms with Gasteiger partial charge in [0.05, 0.1) is 30.1 Å². The van der Waals surface area contributed by atoms with Crippen molar-refractivity contribution in [3.63, 3.8) is 0 Å². The first-order chi connectivity index (χ1) is 18.8. The minimum atomic E-state index is -4.93. The molecule has 216 valence electrons. The molecule has 1 heterocycles. The van der Waals surface area contributed by atoms with Gasteiger partial charge >= 0.3 is 18.3 Å². The molecule has 0 spiro atoms. The van der Waals surface area contributed by atoms with Crippen molar-refractivity contribution in [3.05, 3.63) is 76.6 Å². The van der Waals surface area contributed by atoms with Crippen LogP contribution in [0.1, 0.15) is 47.6 Å². The zero-order valence-electron chi connectivity index (χ0n) is 21.7. The Balaban J connectivity index is 1.77. The van der Waals surface area contributed by atoms with Crippen LogP contribution >= 0.6 is 0 Å². The zero-order valence-corrected chi connectivity index (χ0v) is 21.7. The number of halogens is 6. The summed E-state index contributed by atoms with van der Waals surface area (Å²) in [6, 6.07) is 7.03. The standard InChI is InChI=1S/C27H28F6N4O3/c1-3-37(16-18-10-20(26(28,29)30)12-21(11-18)27(31,32)33)23-7-6-17(2)9-19(23)13-34-25-35-14-22(15-36-25)40-8-4-5-24(38)39/h6-7,9-12,14-15H,3-5,8,13,16H2,1-2H3,(H,38,39)(H,34,35,36). The van der Waals surface area contributed by atoms with Gasteiger partial charge in [-0.05, 0) is 55.7 Å². The van der Waals surface area contributed by atoms with E-state index in [9.17, 15) is 31.1 Å². The van der Waals surface area contributed by atoms with Crippen molar-refractivity contribution in [1.29, 1.82) is 0 Å². The molecule has 1 aromatic heterocycles. The van der Waals surface area contributed by atoms with Crippen molar-refractivity contribution in [2.24, 2.45) is 0 Å². The Morgan fingerprint density at radius 2 is 1.62 bits per heavy atom. The molecule has 2 N–H and O–H groups in total. The van der Waals surface area contributed by atoms with E-state index in [0.717, 1.165) is 23.3 Å². The van der Waals surface area contributed by atoms with Gasteiger partial charge in [-0.25, -0.2) is 9.97 Å². The maximum Gasteiger partial charge on any atom is 0.416 e. The second kappa shape index (κ2) is 12.9. The van der Waals surface area contributed by atoms with Crippen molar-refractivity contribution in [1.82, 2.24) is 9.97 Å². The van der Waals surface area contributed by atoms with E-state index in [0.29, 0.717) is 24.4 Å². The number of carboxylic acids is 1. The molecule has 0 radical (unpaired) electrons. The van der Waals surface area contributed by atoms with Gasteiger partial charge in [0.2, 0.25) is 5.95 Å². The minimum Gasteiger partial charge on any atom is -0.490 e. The summed E-state index contributed by atoms with van der Waals surface area (Å²) >= 11 is 0. The number of aromatic nitrogens is 2. The largest absolute Gasteiger partial charge is 0.490 e. The van der Waals surface area contributed by atoms with E-state index >= 15 is 0 Å². The molecule has 3 aromatic rings. The van der Waals surface area contributed by atoms with E-state index < -0.39 is 29.4 Å². The molecule has 0 aliphatic carbocycles. The summed E-state index contributed by atoms with van der Waals surface area (Å²) < 4.78 is 85.5. The number of nitrogens with one attached hydrogen (secondary N) is 1. The Hall–Kier alpha value is -4.03. The number of anilines is 2. The number of ether oxygens (including phenoxy) is 1. The third-order valence-corrected chi connectivity index (χ3v) is 5.85. The highest BCUT2D eigenvalue weighted by atomic mass is 19.4. The van der Waals surface area contributed by atoms with E-state index in [2.05, 4.69) is 15.3 Å². The lowest BCUT2D eigenvalue weighted by atomic mass is 10.0. The topological polar surface area (TPSA) is 87.6 Å². The van der Waals surface area contributed by atoms with Crippen LogP contribution in [-0.2, 0) is 30.2 Å². The molecule has 0 amide bonds. The first kappa shape index (κ1) is 30.5. The number of alkyl halides is 6. The third-order valence-electron chi connectivity index (χ3n) is 5.85. The smallest absolute Gasteiger partial charge is 0.416 e. The predicted octanol–water partition coefficient (Wildman–Crippen LogP) is 6.70. The Bertz CT molecular complexity index is 1260. The van der Waals surface area contributed by atoms with Gasteiger partial charge in [-0.1, -0.05) is 17.7 Å². The van der Waals surface area contributed by atoms with Gasteiger partial charge < -0.3 is 20.1 Å². The molecule has 3 rings (SSSR count). The second-order valence-corrected chi connectivity index (χ2v) is 9.00. The summed E-state index contributed by atoms with van der Waals surface area (Å²) in [6.45, 7) is 4.18. The van der Waals surface area contributed by atoms with E-state index in [1.165, 1.54) is 12.4 Å². The third kappa shape index (κ3) is 8.75. The number of aryl methyl sites for hydroxylation is 1. The zero-order chi connectivity index (χ0) is 29.5. The molecule has 7 nitrogen and oxygen atoms in total. The van der Waals surface area contributed by atoms with Gasteiger partial charge in [-0.3, -0.25) is 4.79 Å². The summed E-state index contributed by atoms with van der Waals surface area (Å²) in [5.74, 6) is -0.290. The fourth-order valence-electron chi connectivity index (χ4n) is 3.93. The van der Waals surface area contributed by atoms with E-state index in [1.54, 1.807) is 17.9 Å². The maximum absolute atomic E-state index is 13.3. The van der Waals surface area contributed by atoms with Crippen molar-refractivity contribution < 1.29 is 41.0 Å². The Labute approximate surface area is 226 Å². The summed E-state index contributed by atoms with van der Waals surface area (Å²) in [7, 11) is 0. The van der Waals surface area contributed by atoms with Gasteiger partial charge in [0.15, 0.2) is 5.75 Å². The monoisotopic (exact) mass is 570 g/mol. The quantitative estimate of drug-likeness (QED) is 0.185. The molecular weight excluding hydrogens is 542 g/mol. The van der Waals surface area contributed by atoms with E-state index in [1.807, 2.05) is 19.1 Å². The highest BCUT2D eigenvalue weighted by molar-refractivity contribution is 5.66. The molecular formula is C27H28F6N4O3. The van der Waals surface area contributed by atoms with E-state index in [4.69, 9.17) is 9.84 Å². The van der Waals surface area contributed by atoms with Crippen molar-refractivity contribution in [2.45, 2.75) is 52.1 Å². The molecule has 13 heteroatoms. The summed E-state index contributed by atoms with van der Waals surface area (Å²) in [6.07, 6.45) is -6.69. The van der Waals surface area contributed by atoms with Crippen LogP contribution in [0.2, 0.25) is 0 Å². The fraction of sp³-hybridized carbons (Fsp3) is 0.370. The van der Waals surface area contributed by atoms with Crippen LogP contribution in [0.3, 0.4) is 0 Å². The lowest BCUT2D eigenvalue weighted by Crippen LogP contribution is -2.24. The minimum absolute atomic E-state index is 0.0225. The molecule has 2 aromatic carbocycles. The van der Waals surface area contributed by atoms with Crippen molar-refractivity contribution in [2.75, 3.05) is 23.4 Å². The predicted molar refractivity (Wildman–Crippen MR) is 136 cm³/mol. The first-order valence-corrected chi connectivity index (χ1v) is 12.3. The Kier molecular flexibility index (Phi) is 9.83. The van der Waals surface area contributed by atoms with Crippen LogP contribution in [0.5, 0.6) is 5.75 Å². The maximum atomic E-state index is 13.3. The van der Waals surface area contributed by atoms with Gasteiger partial charge in [0.25, 0.3) is 0 Å². The van der Waals surface area contributed by atoms with Gasteiger partial charge in [0, 0.05) is 31.7 Å². The van der Waals surface area contributed by atoms with Crippen LogP contribution in [0.25, 0.3) is 0 Å². The van der Waals surface area contributed by atoms with Crippen molar-refractivity contribution >= 4 is 17.6 Å². The van der Waals surface area contributed by atoms with Crippen molar-refractivity contribution in [3.8, 4) is 5.75 Å². The number of benzene rings is 2. The number of rotatable bonds is 12. The normalized spacial score (nSPS) is 11.8. The number of hydrogen-bond donors (Lipinski definition) is 2. The van der Waals surface area contributed by atoms with Gasteiger partial charge in [-0.2, -0.15) is 26.3 Å². The van der Waals surface area contributed by atoms with Crippen LogP contribution < -0.4 is 15.0 Å².